The molecule has 3 N–H and O–H groups in total. The van der Waals surface area contributed by atoms with Crippen LogP contribution < -0.4 is 11.1 Å². The van der Waals surface area contributed by atoms with Gasteiger partial charge in [-0.1, -0.05) is 60.2 Å². The summed E-state index contributed by atoms with van der Waals surface area (Å²) in [6.07, 6.45) is -0.531. The second kappa shape index (κ2) is 8.70. The molecule has 1 amide bonds. The van der Waals surface area contributed by atoms with Gasteiger partial charge in [0.25, 0.3) is 0 Å². The fourth-order valence-electron chi connectivity index (χ4n) is 3.05. The van der Waals surface area contributed by atoms with Gasteiger partial charge in [0.05, 0.1) is 5.54 Å². The number of nitrogens with one attached hydrogen (secondary N) is 1. The summed E-state index contributed by atoms with van der Waals surface area (Å²) in [6, 6.07) is 19.3. The molecule has 0 atom stereocenters. The van der Waals surface area contributed by atoms with Crippen molar-refractivity contribution in [3.8, 4) is 17.3 Å². The number of carbonyl (C=O) groups excluding carboxylic acids is 1. The van der Waals surface area contributed by atoms with Crippen LogP contribution >= 0.6 is 0 Å². The van der Waals surface area contributed by atoms with Gasteiger partial charge in [0, 0.05) is 12.1 Å². The molecule has 0 aliphatic carbocycles. The standard InChI is InChI=1S/C23H25N5O2/c1-16-9-11-18(12-10-16)20-19(13-24)21(25)28(27-20)23(2,3)15-26-22(29)30-14-17-7-5-4-6-8-17/h4-12H,14-15,25H2,1-3H3,(H,26,29). The highest BCUT2D eigenvalue weighted by Crippen LogP contribution is 2.30. The smallest absolute Gasteiger partial charge is 0.407 e. The van der Waals surface area contributed by atoms with Crippen LogP contribution in [0.3, 0.4) is 0 Å². The summed E-state index contributed by atoms with van der Waals surface area (Å²) < 4.78 is 6.84. The highest BCUT2D eigenvalue weighted by Gasteiger charge is 2.28. The first kappa shape index (κ1) is 20.9. The zero-order valence-corrected chi connectivity index (χ0v) is 17.3. The molecule has 7 nitrogen and oxygen atoms in total. The quantitative estimate of drug-likeness (QED) is 0.648. The van der Waals surface area contributed by atoms with Crippen molar-refractivity contribution in [3.63, 3.8) is 0 Å². The monoisotopic (exact) mass is 403 g/mol. The number of benzene rings is 2. The van der Waals surface area contributed by atoms with Gasteiger partial charge in [-0.05, 0) is 26.3 Å². The molecule has 0 radical (unpaired) electrons. The van der Waals surface area contributed by atoms with Crippen molar-refractivity contribution in [1.29, 1.82) is 5.26 Å². The number of nitrogen functional groups attached to an aromatic ring is 1. The fraction of sp³-hybridized carbons (Fsp3) is 0.261. The van der Waals surface area contributed by atoms with E-state index in [4.69, 9.17) is 10.5 Å². The van der Waals surface area contributed by atoms with Gasteiger partial charge in [0.1, 0.15) is 29.8 Å². The van der Waals surface area contributed by atoms with E-state index < -0.39 is 11.6 Å². The second-order valence-electron chi connectivity index (χ2n) is 7.73. The number of aryl methyl sites for hydroxylation is 1. The van der Waals surface area contributed by atoms with Crippen molar-refractivity contribution >= 4 is 11.9 Å². The summed E-state index contributed by atoms with van der Waals surface area (Å²) in [5, 5.41) is 17.0. The maximum Gasteiger partial charge on any atom is 0.407 e. The molecule has 0 fully saturated rings. The highest BCUT2D eigenvalue weighted by molar-refractivity contribution is 5.73. The van der Waals surface area contributed by atoms with Crippen LogP contribution in [-0.4, -0.2) is 22.4 Å². The number of hydrogen-bond acceptors (Lipinski definition) is 5. The molecule has 3 rings (SSSR count). The van der Waals surface area contributed by atoms with E-state index in [1.165, 1.54) is 0 Å². The third kappa shape index (κ3) is 4.61. The molecule has 30 heavy (non-hydrogen) atoms. The average molecular weight is 403 g/mol. The first-order valence-corrected chi connectivity index (χ1v) is 9.62. The Bertz CT molecular complexity index is 1060. The van der Waals surface area contributed by atoms with E-state index >= 15 is 0 Å². The van der Waals surface area contributed by atoms with Gasteiger partial charge in [-0.25, -0.2) is 9.48 Å². The van der Waals surface area contributed by atoms with Crippen molar-refractivity contribution < 1.29 is 9.53 Å². The van der Waals surface area contributed by atoms with Crippen molar-refractivity contribution in [2.45, 2.75) is 32.9 Å². The van der Waals surface area contributed by atoms with Crippen LogP contribution in [0.15, 0.2) is 54.6 Å². The molecule has 7 heteroatoms. The number of nitrogens with zero attached hydrogens (tertiary/aromatic N) is 3. The van der Waals surface area contributed by atoms with Gasteiger partial charge in [0.15, 0.2) is 0 Å². The zero-order valence-electron chi connectivity index (χ0n) is 17.3. The minimum Gasteiger partial charge on any atom is -0.445 e. The topological polar surface area (TPSA) is 106 Å². The van der Waals surface area contributed by atoms with E-state index in [1.54, 1.807) is 4.68 Å². The predicted molar refractivity (Wildman–Crippen MR) is 115 cm³/mol. The molecule has 0 saturated heterocycles. The van der Waals surface area contributed by atoms with Crippen LogP contribution in [0, 0.1) is 18.3 Å². The summed E-state index contributed by atoms with van der Waals surface area (Å²) in [5.41, 5.74) is 9.24. The minimum atomic E-state index is -0.676. The van der Waals surface area contributed by atoms with E-state index in [0.29, 0.717) is 11.3 Å². The number of amides is 1. The third-order valence-electron chi connectivity index (χ3n) is 4.81. The molecular formula is C23H25N5O2. The zero-order chi connectivity index (χ0) is 21.7. The molecule has 154 valence electrons. The number of ether oxygens (including phenoxy) is 1. The molecule has 3 aromatic rings. The van der Waals surface area contributed by atoms with Crippen molar-refractivity contribution in [1.82, 2.24) is 15.1 Å². The van der Waals surface area contributed by atoms with Crippen LogP contribution in [0.25, 0.3) is 11.3 Å². The maximum atomic E-state index is 12.1. The van der Waals surface area contributed by atoms with Crippen LogP contribution in [0.4, 0.5) is 10.6 Å². The largest absolute Gasteiger partial charge is 0.445 e. The maximum absolute atomic E-state index is 12.1. The number of carbonyl (C=O) groups is 1. The van der Waals surface area contributed by atoms with Gasteiger partial charge < -0.3 is 15.8 Å². The first-order valence-electron chi connectivity index (χ1n) is 9.62. The van der Waals surface area contributed by atoms with E-state index in [1.807, 2.05) is 75.4 Å². The Morgan fingerprint density at radius 3 is 2.50 bits per heavy atom. The van der Waals surface area contributed by atoms with Gasteiger partial charge in [-0.3, -0.25) is 0 Å². The Labute approximate surface area is 176 Å². The molecule has 0 saturated carbocycles. The van der Waals surface area contributed by atoms with E-state index in [2.05, 4.69) is 16.5 Å². The van der Waals surface area contributed by atoms with E-state index in [-0.39, 0.29) is 19.0 Å². The SMILES string of the molecule is Cc1ccc(-c2nn(C(C)(C)CNC(=O)OCc3ccccc3)c(N)c2C#N)cc1. The lowest BCUT2D eigenvalue weighted by Crippen LogP contribution is -2.42. The molecular weight excluding hydrogens is 378 g/mol. The first-order chi connectivity index (χ1) is 14.3. The Morgan fingerprint density at radius 2 is 1.87 bits per heavy atom. The Hall–Kier alpha value is -3.79. The fourth-order valence-corrected chi connectivity index (χ4v) is 3.05. The highest BCUT2D eigenvalue weighted by atomic mass is 16.5. The lowest BCUT2D eigenvalue weighted by atomic mass is 10.1. The lowest BCUT2D eigenvalue weighted by molar-refractivity contribution is 0.134. The minimum absolute atomic E-state index is 0.188. The number of alkyl carbamates (subject to hydrolysis) is 1. The van der Waals surface area contributed by atoms with Crippen molar-refractivity contribution in [2.24, 2.45) is 0 Å². The number of rotatable bonds is 6. The van der Waals surface area contributed by atoms with Gasteiger partial charge in [-0.2, -0.15) is 10.4 Å². The van der Waals surface area contributed by atoms with E-state index in [0.717, 1.165) is 16.7 Å². The molecule has 0 spiro atoms. The number of aromatic nitrogens is 2. The molecule has 2 aromatic carbocycles. The average Bonchev–Trinajstić information content (AvgIpc) is 3.09. The molecule has 0 bridgehead atoms. The van der Waals surface area contributed by atoms with Crippen LogP contribution in [0.5, 0.6) is 0 Å². The number of nitrogens with two attached hydrogens (primary N) is 1. The Kier molecular flexibility index (Phi) is 6.07. The molecule has 0 unspecified atom stereocenters. The molecule has 1 heterocycles. The molecule has 1 aromatic heterocycles. The van der Waals surface area contributed by atoms with Crippen molar-refractivity contribution in [3.05, 3.63) is 71.3 Å². The summed E-state index contributed by atoms with van der Waals surface area (Å²) in [7, 11) is 0. The number of anilines is 1. The number of hydrogen-bond donors (Lipinski definition) is 2. The van der Waals surface area contributed by atoms with Gasteiger partial charge in [-0.15, -0.1) is 0 Å². The third-order valence-corrected chi connectivity index (χ3v) is 4.81. The Balaban J connectivity index is 1.73. The van der Waals surface area contributed by atoms with Gasteiger partial charge in [0.2, 0.25) is 0 Å². The number of nitriles is 1. The molecule has 0 aliphatic rings. The molecule has 0 aliphatic heterocycles. The van der Waals surface area contributed by atoms with Crippen LogP contribution in [0.1, 0.15) is 30.5 Å². The summed E-state index contributed by atoms with van der Waals surface area (Å²) in [6.45, 7) is 6.17. The van der Waals surface area contributed by atoms with Crippen molar-refractivity contribution in [2.75, 3.05) is 12.3 Å². The predicted octanol–water partition coefficient (Wildman–Crippen LogP) is 3.97. The second-order valence-corrected chi connectivity index (χ2v) is 7.73. The van der Waals surface area contributed by atoms with Gasteiger partial charge >= 0.3 is 6.09 Å². The van der Waals surface area contributed by atoms with E-state index in [9.17, 15) is 10.1 Å². The summed E-state index contributed by atoms with van der Waals surface area (Å²) in [5.74, 6) is 0.262. The summed E-state index contributed by atoms with van der Waals surface area (Å²) >= 11 is 0. The Morgan fingerprint density at radius 1 is 1.20 bits per heavy atom. The van der Waals surface area contributed by atoms with Crippen LogP contribution in [-0.2, 0) is 16.9 Å². The normalized spacial score (nSPS) is 11.0. The summed E-state index contributed by atoms with van der Waals surface area (Å²) in [4.78, 5) is 12.1. The lowest BCUT2D eigenvalue weighted by Gasteiger charge is -2.26. The van der Waals surface area contributed by atoms with Crippen LogP contribution in [0.2, 0.25) is 0 Å².